The summed E-state index contributed by atoms with van der Waals surface area (Å²) in [5.74, 6) is 0. The van der Waals surface area contributed by atoms with Gasteiger partial charge in [-0.15, -0.1) is 0 Å². The summed E-state index contributed by atoms with van der Waals surface area (Å²) in [6, 6.07) is 1.74. The van der Waals surface area contributed by atoms with E-state index in [-0.39, 0.29) is 11.7 Å². The molecule has 0 aromatic carbocycles. The average Bonchev–Trinajstić information content (AvgIpc) is 2.38. The van der Waals surface area contributed by atoms with Crippen molar-refractivity contribution < 1.29 is 9.66 Å². The number of nitrogens with zero attached hydrogens (tertiary/aromatic N) is 2. The molecule has 1 atom stereocenters. The highest BCUT2D eigenvalue weighted by atomic mass is 16.6. The molecule has 106 valence electrons. The minimum absolute atomic E-state index is 0.0334. The molecule has 6 heteroatoms. The van der Waals surface area contributed by atoms with Crippen LogP contribution in [0.2, 0.25) is 0 Å². The van der Waals surface area contributed by atoms with Crippen molar-refractivity contribution in [1.82, 2.24) is 10.3 Å². The summed E-state index contributed by atoms with van der Waals surface area (Å²) < 4.78 is 5.18. The molecule has 1 aromatic heterocycles. The topological polar surface area (TPSA) is 77.3 Å². The van der Waals surface area contributed by atoms with Crippen molar-refractivity contribution in [2.45, 2.75) is 32.7 Å². The van der Waals surface area contributed by atoms with E-state index < -0.39 is 4.92 Å². The fourth-order valence-electron chi connectivity index (χ4n) is 1.87. The number of methoxy groups -OCH3 is 1. The zero-order valence-corrected chi connectivity index (χ0v) is 11.7. The molecule has 0 fully saturated rings. The minimum Gasteiger partial charge on any atom is -0.383 e. The SMILES string of the molecule is CCCNC(COC)Cc1ncc([N+](=O)[O-])cc1C. The third-order valence-electron chi connectivity index (χ3n) is 2.87. The number of aromatic nitrogens is 1. The van der Waals surface area contributed by atoms with Crippen molar-refractivity contribution >= 4 is 5.69 Å². The first-order valence-electron chi connectivity index (χ1n) is 6.40. The quantitative estimate of drug-likeness (QED) is 0.574. The van der Waals surface area contributed by atoms with Crippen LogP contribution in [0.15, 0.2) is 12.3 Å². The van der Waals surface area contributed by atoms with E-state index in [1.807, 2.05) is 6.92 Å². The van der Waals surface area contributed by atoms with Gasteiger partial charge in [0.1, 0.15) is 6.20 Å². The van der Waals surface area contributed by atoms with Gasteiger partial charge in [-0.3, -0.25) is 15.1 Å². The summed E-state index contributed by atoms with van der Waals surface area (Å²) in [6.45, 7) is 5.46. The highest BCUT2D eigenvalue weighted by Gasteiger charge is 2.14. The molecule has 6 nitrogen and oxygen atoms in total. The van der Waals surface area contributed by atoms with Crippen molar-refractivity contribution in [1.29, 1.82) is 0 Å². The van der Waals surface area contributed by atoms with Crippen molar-refractivity contribution in [3.63, 3.8) is 0 Å². The van der Waals surface area contributed by atoms with E-state index in [1.54, 1.807) is 13.2 Å². The van der Waals surface area contributed by atoms with Crippen LogP contribution in [0.4, 0.5) is 5.69 Å². The van der Waals surface area contributed by atoms with E-state index in [4.69, 9.17) is 4.74 Å². The Kier molecular flexibility index (Phi) is 6.38. The molecule has 1 unspecified atom stereocenters. The van der Waals surface area contributed by atoms with Crippen LogP contribution in [0.3, 0.4) is 0 Å². The Hall–Kier alpha value is -1.53. The average molecular weight is 267 g/mol. The summed E-state index contributed by atoms with van der Waals surface area (Å²) in [4.78, 5) is 14.4. The van der Waals surface area contributed by atoms with Crippen LogP contribution < -0.4 is 5.32 Å². The van der Waals surface area contributed by atoms with Crippen LogP contribution in [-0.4, -0.2) is 36.2 Å². The molecule has 0 saturated carbocycles. The second kappa shape index (κ2) is 7.81. The van der Waals surface area contributed by atoms with E-state index in [0.717, 1.165) is 24.2 Å². The standard InChI is InChI=1S/C13H21N3O3/c1-4-5-14-11(9-19-3)7-13-10(2)6-12(8-15-13)16(17)18/h6,8,11,14H,4-5,7,9H2,1-3H3. The number of ether oxygens (including phenoxy) is 1. The van der Waals surface area contributed by atoms with Crippen molar-refractivity contribution in [3.05, 3.63) is 33.6 Å². The molecular formula is C13H21N3O3. The monoisotopic (exact) mass is 267 g/mol. The molecule has 0 aliphatic rings. The number of hydrogen-bond acceptors (Lipinski definition) is 5. The smallest absolute Gasteiger partial charge is 0.287 e. The number of hydrogen-bond donors (Lipinski definition) is 1. The van der Waals surface area contributed by atoms with Gasteiger partial charge in [0.15, 0.2) is 0 Å². The van der Waals surface area contributed by atoms with Crippen molar-refractivity contribution in [2.24, 2.45) is 0 Å². The van der Waals surface area contributed by atoms with E-state index in [0.29, 0.717) is 13.0 Å². The first kappa shape index (κ1) is 15.5. The van der Waals surface area contributed by atoms with Crippen molar-refractivity contribution in [3.8, 4) is 0 Å². The second-order valence-electron chi connectivity index (χ2n) is 4.52. The van der Waals surface area contributed by atoms with Gasteiger partial charge in [0.05, 0.1) is 11.5 Å². The zero-order chi connectivity index (χ0) is 14.3. The Morgan fingerprint density at radius 2 is 2.32 bits per heavy atom. The Morgan fingerprint density at radius 1 is 1.58 bits per heavy atom. The van der Waals surface area contributed by atoms with Gasteiger partial charge in [0.2, 0.25) is 0 Å². The van der Waals surface area contributed by atoms with Crippen LogP contribution in [0.25, 0.3) is 0 Å². The van der Waals surface area contributed by atoms with Gasteiger partial charge in [-0.25, -0.2) is 0 Å². The summed E-state index contributed by atoms with van der Waals surface area (Å²) in [5, 5.41) is 14.0. The second-order valence-corrected chi connectivity index (χ2v) is 4.52. The van der Waals surface area contributed by atoms with Gasteiger partial charge >= 0.3 is 0 Å². The number of nitrogens with one attached hydrogen (secondary N) is 1. The van der Waals surface area contributed by atoms with Crippen LogP contribution in [-0.2, 0) is 11.2 Å². The lowest BCUT2D eigenvalue weighted by Crippen LogP contribution is -2.36. The molecule has 0 saturated heterocycles. The number of nitro groups is 1. The van der Waals surface area contributed by atoms with E-state index in [2.05, 4.69) is 17.2 Å². The van der Waals surface area contributed by atoms with Crippen LogP contribution >= 0.6 is 0 Å². The summed E-state index contributed by atoms with van der Waals surface area (Å²) in [5.41, 5.74) is 1.75. The molecule has 1 N–H and O–H groups in total. The lowest BCUT2D eigenvalue weighted by Gasteiger charge is -2.18. The molecule has 1 aromatic rings. The Bertz CT molecular complexity index is 424. The molecular weight excluding hydrogens is 246 g/mol. The highest BCUT2D eigenvalue weighted by molar-refractivity contribution is 5.33. The molecule has 1 heterocycles. The fourth-order valence-corrected chi connectivity index (χ4v) is 1.87. The maximum absolute atomic E-state index is 10.7. The summed E-state index contributed by atoms with van der Waals surface area (Å²) in [6.07, 6.45) is 3.07. The molecule has 0 radical (unpaired) electrons. The van der Waals surface area contributed by atoms with Crippen LogP contribution in [0.5, 0.6) is 0 Å². The first-order valence-corrected chi connectivity index (χ1v) is 6.40. The van der Waals surface area contributed by atoms with E-state index in [1.165, 1.54) is 6.20 Å². The molecule has 0 aliphatic carbocycles. The van der Waals surface area contributed by atoms with Gasteiger partial charge in [0.25, 0.3) is 5.69 Å². The maximum Gasteiger partial charge on any atom is 0.287 e. The first-order chi connectivity index (χ1) is 9.08. The molecule has 0 aliphatic heterocycles. The molecule has 0 spiro atoms. The maximum atomic E-state index is 10.7. The van der Waals surface area contributed by atoms with Gasteiger partial charge < -0.3 is 10.1 Å². The number of pyridine rings is 1. The Balaban J connectivity index is 2.75. The lowest BCUT2D eigenvalue weighted by molar-refractivity contribution is -0.385. The van der Waals surface area contributed by atoms with Gasteiger partial charge in [-0.2, -0.15) is 0 Å². The zero-order valence-electron chi connectivity index (χ0n) is 11.7. The van der Waals surface area contributed by atoms with Crippen LogP contribution in [0.1, 0.15) is 24.6 Å². The molecule has 0 amide bonds. The minimum atomic E-state index is -0.425. The van der Waals surface area contributed by atoms with Crippen LogP contribution in [0, 0.1) is 17.0 Å². The van der Waals surface area contributed by atoms with E-state index in [9.17, 15) is 10.1 Å². The van der Waals surface area contributed by atoms with Crippen molar-refractivity contribution in [2.75, 3.05) is 20.3 Å². The van der Waals surface area contributed by atoms with Gasteiger partial charge in [-0.05, 0) is 25.5 Å². The number of rotatable bonds is 8. The molecule has 1 rings (SSSR count). The predicted octanol–water partition coefficient (Wildman–Crippen LogP) is 1.86. The third-order valence-corrected chi connectivity index (χ3v) is 2.87. The van der Waals surface area contributed by atoms with Gasteiger partial charge in [0, 0.05) is 31.3 Å². The number of aryl methyl sites for hydroxylation is 1. The van der Waals surface area contributed by atoms with Gasteiger partial charge in [-0.1, -0.05) is 6.92 Å². The lowest BCUT2D eigenvalue weighted by atomic mass is 10.1. The normalized spacial score (nSPS) is 12.4. The summed E-state index contributed by atoms with van der Waals surface area (Å²) in [7, 11) is 1.66. The van der Waals surface area contributed by atoms with E-state index >= 15 is 0 Å². The Labute approximate surface area is 113 Å². The highest BCUT2D eigenvalue weighted by Crippen LogP contribution is 2.15. The fraction of sp³-hybridized carbons (Fsp3) is 0.615. The Morgan fingerprint density at radius 3 is 2.84 bits per heavy atom. The summed E-state index contributed by atoms with van der Waals surface area (Å²) >= 11 is 0. The molecule has 19 heavy (non-hydrogen) atoms. The molecule has 0 bridgehead atoms. The third kappa shape index (κ3) is 4.92. The predicted molar refractivity (Wildman–Crippen MR) is 73.3 cm³/mol. The largest absolute Gasteiger partial charge is 0.383 e.